The van der Waals surface area contributed by atoms with Crippen molar-refractivity contribution in [3.8, 4) is 0 Å². The van der Waals surface area contributed by atoms with Gasteiger partial charge >= 0.3 is 0 Å². The number of aliphatic hydroxyl groups excluding tert-OH is 1. The minimum Gasteiger partial charge on any atom is -0.504 e. The lowest BCUT2D eigenvalue weighted by atomic mass is 9.42. The molecule has 0 bridgehead atoms. The first-order valence-electron chi connectivity index (χ1n) is 10.7. The fourth-order valence-electron chi connectivity index (χ4n) is 6.92. The van der Waals surface area contributed by atoms with Crippen LogP contribution in [0.25, 0.3) is 0 Å². The number of fused-ring (bicyclic) bond motifs is 3. The van der Waals surface area contributed by atoms with Crippen LogP contribution in [-0.4, -0.2) is 29.4 Å². The number of rotatable bonds is 1. The summed E-state index contributed by atoms with van der Waals surface area (Å²) in [6, 6.07) is 0. The second-order valence-corrected chi connectivity index (χ2v) is 11.0. The average molecular weight is 377 g/mol. The van der Waals surface area contributed by atoms with Crippen molar-refractivity contribution in [1.29, 1.82) is 0 Å². The second-order valence-electron chi connectivity index (χ2n) is 11.0. The minimum absolute atomic E-state index is 0.0372. The van der Waals surface area contributed by atoms with Crippen LogP contribution in [-0.2, 0) is 14.3 Å². The molecule has 2 saturated carbocycles. The molecule has 3 fully saturated rings. The van der Waals surface area contributed by atoms with Gasteiger partial charge in [0.2, 0.25) is 0 Å². The topological polar surface area (TPSA) is 55.8 Å². The third-order valence-electron chi connectivity index (χ3n) is 9.11. The van der Waals surface area contributed by atoms with Crippen LogP contribution in [0.3, 0.4) is 0 Å². The Morgan fingerprint density at radius 3 is 2.41 bits per heavy atom. The van der Waals surface area contributed by atoms with E-state index in [0.717, 1.165) is 37.7 Å². The maximum absolute atomic E-state index is 12.5. The predicted octanol–water partition coefficient (Wildman–Crippen LogP) is 5.17. The minimum atomic E-state index is -0.477. The van der Waals surface area contributed by atoms with Crippen LogP contribution >= 0.6 is 0 Å². The average Bonchev–Trinajstić information content (AvgIpc) is 2.97. The summed E-state index contributed by atoms with van der Waals surface area (Å²) in [4.78, 5) is 12.5. The molecule has 1 saturated heterocycles. The quantitative estimate of drug-likeness (QED) is 0.686. The molecule has 4 heteroatoms. The van der Waals surface area contributed by atoms with E-state index < -0.39 is 5.79 Å². The summed E-state index contributed by atoms with van der Waals surface area (Å²) in [5.74, 6) is 0.431. The van der Waals surface area contributed by atoms with Gasteiger partial charge < -0.3 is 14.6 Å². The van der Waals surface area contributed by atoms with Crippen molar-refractivity contribution in [2.75, 3.05) is 6.61 Å². The highest BCUT2D eigenvalue weighted by Gasteiger charge is 2.61. The molecule has 3 aliphatic carbocycles. The Morgan fingerprint density at radius 1 is 1.07 bits per heavy atom. The molecule has 6 unspecified atom stereocenters. The van der Waals surface area contributed by atoms with Crippen LogP contribution in [0, 0.1) is 28.1 Å². The standard InChI is InChI=1S/C23H36O4/c1-14-19(25)16(24)11-17-22(14,5)8-7-15-12-21(4,9-10-23(15,17)6)18-13-26-20(2,3)27-18/h15,17-18,25H,7-13H2,1-6H3. The smallest absolute Gasteiger partial charge is 0.197 e. The number of allylic oxidation sites excluding steroid dienone is 2. The van der Waals surface area contributed by atoms with Crippen molar-refractivity contribution in [3.63, 3.8) is 0 Å². The van der Waals surface area contributed by atoms with E-state index in [4.69, 9.17) is 9.47 Å². The van der Waals surface area contributed by atoms with Crippen molar-refractivity contribution >= 4 is 5.78 Å². The number of Topliss-reactive ketones (excluding diaryl/α,β-unsaturated/α-hetero) is 1. The molecule has 0 aromatic heterocycles. The molecule has 4 nitrogen and oxygen atoms in total. The van der Waals surface area contributed by atoms with Crippen molar-refractivity contribution in [2.24, 2.45) is 28.1 Å². The van der Waals surface area contributed by atoms with E-state index in [9.17, 15) is 9.90 Å². The summed E-state index contributed by atoms with van der Waals surface area (Å²) in [5.41, 5.74) is 1.16. The molecule has 0 spiro atoms. The number of ether oxygens (including phenoxy) is 2. The largest absolute Gasteiger partial charge is 0.504 e. The molecule has 0 aromatic carbocycles. The second kappa shape index (κ2) is 5.82. The molecule has 152 valence electrons. The zero-order chi connectivity index (χ0) is 19.8. The molecule has 1 heterocycles. The molecule has 27 heavy (non-hydrogen) atoms. The first kappa shape index (κ1) is 19.4. The summed E-state index contributed by atoms with van der Waals surface area (Å²) >= 11 is 0. The van der Waals surface area contributed by atoms with Gasteiger partial charge in [0.15, 0.2) is 17.3 Å². The van der Waals surface area contributed by atoms with Crippen LogP contribution in [0.2, 0.25) is 0 Å². The summed E-state index contributed by atoms with van der Waals surface area (Å²) in [7, 11) is 0. The van der Waals surface area contributed by atoms with Gasteiger partial charge in [-0.2, -0.15) is 0 Å². The Labute approximate surface area is 163 Å². The third-order valence-corrected chi connectivity index (χ3v) is 9.11. The highest BCUT2D eigenvalue weighted by atomic mass is 16.7. The number of carbonyl (C=O) groups excluding carboxylic acids is 1. The third kappa shape index (κ3) is 2.73. The number of carbonyl (C=O) groups is 1. The number of hydrogen-bond acceptors (Lipinski definition) is 4. The Balaban J connectivity index is 1.61. The van der Waals surface area contributed by atoms with Gasteiger partial charge in [0.1, 0.15) is 0 Å². The van der Waals surface area contributed by atoms with E-state index in [2.05, 4.69) is 20.8 Å². The summed E-state index contributed by atoms with van der Waals surface area (Å²) < 4.78 is 12.1. The lowest BCUT2D eigenvalue weighted by molar-refractivity contribution is -0.173. The molecule has 4 aliphatic rings. The van der Waals surface area contributed by atoms with E-state index >= 15 is 0 Å². The van der Waals surface area contributed by atoms with Gasteiger partial charge in [-0.1, -0.05) is 20.8 Å². The van der Waals surface area contributed by atoms with Crippen LogP contribution in [0.4, 0.5) is 0 Å². The van der Waals surface area contributed by atoms with Gasteiger partial charge in [0.05, 0.1) is 12.7 Å². The molecular formula is C23H36O4. The maximum atomic E-state index is 12.5. The van der Waals surface area contributed by atoms with Crippen molar-refractivity contribution in [3.05, 3.63) is 11.3 Å². The summed E-state index contributed by atoms with van der Waals surface area (Å²) in [5, 5.41) is 10.3. The Kier molecular flexibility index (Phi) is 4.19. The van der Waals surface area contributed by atoms with Gasteiger partial charge in [-0.3, -0.25) is 4.79 Å². The maximum Gasteiger partial charge on any atom is 0.197 e. The van der Waals surface area contributed by atoms with E-state index in [1.54, 1.807) is 0 Å². The highest BCUT2D eigenvalue weighted by molar-refractivity contribution is 5.95. The molecule has 4 rings (SSSR count). The summed E-state index contributed by atoms with van der Waals surface area (Å²) in [6.45, 7) is 13.7. The zero-order valence-electron chi connectivity index (χ0n) is 17.9. The number of hydrogen-bond donors (Lipinski definition) is 1. The van der Waals surface area contributed by atoms with Crippen LogP contribution in [0.15, 0.2) is 11.3 Å². The fourth-order valence-corrected chi connectivity index (χ4v) is 6.92. The highest BCUT2D eigenvalue weighted by Crippen LogP contribution is 2.67. The monoisotopic (exact) mass is 376 g/mol. The zero-order valence-corrected chi connectivity index (χ0v) is 17.9. The van der Waals surface area contributed by atoms with E-state index in [0.29, 0.717) is 24.9 Å². The van der Waals surface area contributed by atoms with E-state index in [1.165, 1.54) is 0 Å². The Bertz CT molecular complexity index is 694. The lowest BCUT2D eigenvalue weighted by Gasteiger charge is -2.62. The van der Waals surface area contributed by atoms with Crippen LogP contribution in [0.1, 0.15) is 80.1 Å². The summed E-state index contributed by atoms with van der Waals surface area (Å²) in [6.07, 6.45) is 6.25. The predicted molar refractivity (Wildman–Crippen MR) is 104 cm³/mol. The van der Waals surface area contributed by atoms with Crippen molar-refractivity contribution in [1.82, 2.24) is 0 Å². The van der Waals surface area contributed by atoms with Gasteiger partial charge in [-0.15, -0.1) is 0 Å². The normalized spacial score (nSPS) is 49.7. The molecule has 0 radical (unpaired) electrons. The lowest BCUT2D eigenvalue weighted by Crippen LogP contribution is -2.56. The molecule has 1 aliphatic heterocycles. The van der Waals surface area contributed by atoms with Crippen LogP contribution in [0.5, 0.6) is 0 Å². The van der Waals surface area contributed by atoms with Crippen molar-refractivity contribution < 1.29 is 19.4 Å². The first-order chi connectivity index (χ1) is 12.4. The van der Waals surface area contributed by atoms with Gasteiger partial charge in [-0.25, -0.2) is 0 Å². The fraction of sp³-hybridized carbons (Fsp3) is 0.870. The Hall–Kier alpha value is -0.870. The molecular weight excluding hydrogens is 340 g/mol. The van der Waals surface area contributed by atoms with Crippen LogP contribution < -0.4 is 0 Å². The molecule has 1 N–H and O–H groups in total. The SMILES string of the molecule is CC1=C(O)C(=O)CC2C1(C)CCC1CC(C)(C3COC(C)(C)O3)CCC12C. The molecule has 6 atom stereocenters. The molecule has 0 amide bonds. The first-order valence-corrected chi connectivity index (χ1v) is 10.7. The Morgan fingerprint density at radius 2 is 1.78 bits per heavy atom. The van der Waals surface area contributed by atoms with E-state index in [1.807, 2.05) is 20.8 Å². The molecule has 0 aromatic rings. The number of ketones is 1. The van der Waals surface area contributed by atoms with Crippen molar-refractivity contribution in [2.45, 2.75) is 92.0 Å². The van der Waals surface area contributed by atoms with Gasteiger partial charge in [-0.05, 0) is 86.5 Å². The van der Waals surface area contributed by atoms with E-state index in [-0.39, 0.29) is 33.9 Å². The van der Waals surface area contributed by atoms with Gasteiger partial charge in [0.25, 0.3) is 0 Å². The number of aliphatic hydroxyl groups is 1. The van der Waals surface area contributed by atoms with Gasteiger partial charge in [0, 0.05) is 6.42 Å².